The summed E-state index contributed by atoms with van der Waals surface area (Å²) in [5, 5.41) is 14.6. The molecule has 0 saturated carbocycles. The monoisotopic (exact) mass is 285 g/mol. The quantitative estimate of drug-likeness (QED) is 0.256. The zero-order valence-corrected chi connectivity index (χ0v) is 10.8. The molecule has 16 heavy (non-hydrogen) atoms. The smallest absolute Gasteiger partial charge is 0.139 e. The molecular formula is C11H16BrN3O. The van der Waals surface area contributed by atoms with E-state index in [9.17, 15) is 0 Å². The number of benzene rings is 1. The number of hydrogen-bond donors (Lipinski definition) is 3. The van der Waals surface area contributed by atoms with E-state index in [0.29, 0.717) is 6.42 Å². The SMILES string of the molecule is Cc1ccc(Br)cc1NCCCC(N)=NO. The Balaban J connectivity index is 2.40. The Morgan fingerprint density at radius 2 is 2.31 bits per heavy atom. The standard InChI is InChI=1S/C11H16BrN3O/c1-8-4-5-9(12)7-10(8)14-6-2-3-11(13)15-16/h4-5,7,14,16H,2-3,6H2,1H3,(H2,13,15). The maximum Gasteiger partial charge on any atom is 0.139 e. The van der Waals surface area contributed by atoms with Crippen molar-refractivity contribution in [3.63, 3.8) is 0 Å². The van der Waals surface area contributed by atoms with Gasteiger partial charge in [-0.25, -0.2) is 0 Å². The van der Waals surface area contributed by atoms with Crippen LogP contribution < -0.4 is 11.1 Å². The Labute approximate surface area is 104 Å². The largest absolute Gasteiger partial charge is 0.409 e. The third-order valence-corrected chi connectivity index (χ3v) is 2.75. The van der Waals surface area contributed by atoms with Crippen LogP contribution in [-0.4, -0.2) is 17.6 Å². The van der Waals surface area contributed by atoms with Gasteiger partial charge in [0.2, 0.25) is 0 Å². The summed E-state index contributed by atoms with van der Waals surface area (Å²) in [7, 11) is 0. The summed E-state index contributed by atoms with van der Waals surface area (Å²) in [6.45, 7) is 2.85. The molecule has 0 heterocycles. The summed E-state index contributed by atoms with van der Waals surface area (Å²) in [5.74, 6) is 0.271. The maximum atomic E-state index is 8.37. The van der Waals surface area contributed by atoms with Gasteiger partial charge in [0.25, 0.3) is 0 Å². The second-order valence-electron chi connectivity index (χ2n) is 3.58. The number of aryl methyl sites for hydroxylation is 1. The van der Waals surface area contributed by atoms with Crippen LogP contribution in [0.15, 0.2) is 27.8 Å². The average molecular weight is 286 g/mol. The van der Waals surface area contributed by atoms with Crippen LogP contribution >= 0.6 is 15.9 Å². The molecule has 0 aliphatic rings. The topological polar surface area (TPSA) is 70.6 Å². The first kappa shape index (κ1) is 12.8. The summed E-state index contributed by atoms with van der Waals surface area (Å²) in [4.78, 5) is 0. The van der Waals surface area contributed by atoms with Crippen LogP contribution in [0.25, 0.3) is 0 Å². The van der Waals surface area contributed by atoms with E-state index in [0.717, 1.165) is 23.1 Å². The molecule has 0 aliphatic carbocycles. The van der Waals surface area contributed by atoms with E-state index in [1.54, 1.807) is 0 Å². The van der Waals surface area contributed by atoms with Gasteiger partial charge in [-0.05, 0) is 31.0 Å². The summed E-state index contributed by atoms with van der Waals surface area (Å²) >= 11 is 3.43. The van der Waals surface area contributed by atoms with Crippen molar-refractivity contribution in [2.75, 3.05) is 11.9 Å². The molecule has 0 aromatic heterocycles. The average Bonchev–Trinajstić information content (AvgIpc) is 2.28. The Kier molecular flexibility index (Phi) is 5.11. The zero-order chi connectivity index (χ0) is 12.0. The van der Waals surface area contributed by atoms with Gasteiger partial charge in [0.05, 0.1) is 0 Å². The van der Waals surface area contributed by atoms with Gasteiger partial charge >= 0.3 is 0 Å². The molecule has 1 aromatic carbocycles. The first-order valence-corrected chi connectivity index (χ1v) is 5.89. The van der Waals surface area contributed by atoms with Crippen molar-refractivity contribution in [3.05, 3.63) is 28.2 Å². The normalized spacial score (nSPS) is 11.5. The zero-order valence-electron chi connectivity index (χ0n) is 9.20. The van der Waals surface area contributed by atoms with Crippen LogP contribution in [0.2, 0.25) is 0 Å². The molecule has 1 aromatic rings. The second-order valence-corrected chi connectivity index (χ2v) is 4.50. The van der Waals surface area contributed by atoms with Crippen LogP contribution in [0.5, 0.6) is 0 Å². The molecule has 0 radical (unpaired) electrons. The van der Waals surface area contributed by atoms with Crippen LogP contribution in [0.3, 0.4) is 0 Å². The fourth-order valence-corrected chi connectivity index (χ4v) is 1.69. The predicted molar refractivity (Wildman–Crippen MR) is 70.0 cm³/mol. The van der Waals surface area contributed by atoms with E-state index in [2.05, 4.69) is 39.4 Å². The molecule has 0 unspecified atom stereocenters. The minimum absolute atomic E-state index is 0.271. The Hall–Kier alpha value is -1.23. The van der Waals surface area contributed by atoms with Crippen molar-refractivity contribution in [2.45, 2.75) is 19.8 Å². The highest BCUT2D eigenvalue weighted by Gasteiger charge is 1.99. The molecule has 4 nitrogen and oxygen atoms in total. The fraction of sp³-hybridized carbons (Fsp3) is 0.364. The summed E-state index contributed by atoms with van der Waals surface area (Å²) in [6, 6.07) is 6.10. The highest BCUT2D eigenvalue weighted by Crippen LogP contribution is 2.20. The summed E-state index contributed by atoms with van der Waals surface area (Å²) in [5.41, 5.74) is 7.68. The molecule has 0 spiro atoms. The second kappa shape index (κ2) is 6.37. The third kappa shape index (κ3) is 4.10. The molecule has 1 rings (SSSR count). The van der Waals surface area contributed by atoms with Crippen molar-refractivity contribution < 1.29 is 5.21 Å². The number of amidine groups is 1. The van der Waals surface area contributed by atoms with E-state index in [-0.39, 0.29) is 5.84 Å². The van der Waals surface area contributed by atoms with Gasteiger partial charge in [0.1, 0.15) is 5.84 Å². The lowest BCUT2D eigenvalue weighted by Gasteiger charge is -2.09. The fourth-order valence-electron chi connectivity index (χ4n) is 1.33. The van der Waals surface area contributed by atoms with Gasteiger partial charge in [0, 0.05) is 23.1 Å². The van der Waals surface area contributed by atoms with E-state index in [1.807, 2.05) is 12.1 Å². The molecule has 88 valence electrons. The Morgan fingerprint density at radius 3 is 3.00 bits per heavy atom. The van der Waals surface area contributed by atoms with Crippen molar-refractivity contribution >= 4 is 27.5 Å². The Bertz CT molecular complexity index is 379. The van der Waals surface area contributed by atoms with Gasteiger partial charge < -0.3 is 16.3 Å². The highest BCUT2D eigenvalue weighted by atomic mass is 79.9. The number of nitrogens with one attached hydrogen (secondary N) is 1. The molecular weight excluding hydrogens is 270 g/mol. The highest BCUT2D eigenvalue weighted by molar-refractivity contribution is 9.10. The molecule has 0 atom stereocenters. The predicted octanol–water partition coefficient (Wildman–Crippen LogP) is 2.70. The lowest BCUT2D eigenvalue weighted by atomic mass is 10.2. The van der Waals surface area contributed by atoms with Crippen LogP contribution in [-0.2, 0) is 0 Å². The van der Waals surface area contributed by atoms with Gasteiger partial charge in [-0.1, -0.05) is 27.2 Å². The number of oxime groups is 1. The first-order chi connectivity index (χ1) is 7.63. The summed E-state index contributed by atoms with van der Waals surface area (Å²) in [6.07, 6.45) is 1.43. The molecule has 4 N–H and O–H groups in total. The number of rotatable bonds is 5. The molecule has 0 bridgehead atoms. The van der Waals surface area contributed by atoms with Gasteiger partial charge in [-0.3, -0.25) is 0 Å². The number of nitrogens with two attached hydrogens (primary N) is 1. The number of anilines is 1. The number of nitrogens with zero attached hydrogens (tertiary/aromatic N) is 1. The van der Waals surface area contributed by atoms with E-state index < -0.39 is 0 Å². The lowest BCUT2D eigenvalue weighted by Crippen LogP contribution is -2.13. The van der Waals surface area contributed by atoms with E-state index in [1.165, 1.54) is 5.56 Å². The summed E-state index contributed by atoms with van der Waals surface area (Å²) < 4.78 is 1.05. The Morgan fingerprint density at radius 1 is 1.56 bits per heavy atom. The van der Waals surface area contributed by atoms with Crippen molar-refractivity contribution in [1.82, 2.24) is 0 Å². The molecule has 0 aliphatic heterocycles. The first-order valence-electron chi connectivity index (χ1n) is 5.10. The van der Waals surface area contributed by atoms with Crippen molar-refractivity contribution in [2.24, 2.45) is 10.9 Å². The molecule has 0 amide bonds. The minimum atomic E-state index is 0.271. The molecule has 0 saturated heterocycles. The third-order valence-electron chi connectivity index (χ3n) is 2.25. The number of halogens is 1. The van der Waals surface area contributed by atoms with Crippen molar-refractivity contribution in [3.8, 4) is 0 Å². The van der Waals surface area contributed by atoms with E-state index in [4.69, 9.17) is 10.9 Å². The van der Waals surface area contributed by atoms with E-state index >= 15 is 0 Å². The van der Waals surface area contributed by atoms with Crippen LogP contribution in [0.1, 0.15) is 18.4 Å². The van der Waals surface area contributed by atoms with Crippen LogP contribution in [0, 0.1) is 6.92 Å². The molecule has 0 fully saturated rings. The van der Waals surface area contributed by atoms with Gasteiger partial charge in [0.15, 0.2) is 0 Å². The van der Waals surface area contributed by atoms with Crippen LogP contribution in [0.4, 0.5) is 5.69 Å². The van der Waals surface area contributed by atoms with Gasteiger partial charge in [-0.15, -0.1) is 0 Å². The minimum Gasteiger partial charge on any atom is -0.409 e. The lowest BCUT2D eigenvalue weighted by molar-refractivity contribution is 0.316. The maximum absolute atomic E-state index is 8.37. The van der Waals surface area contributed by atoms with Crippen molar-refractivity contribution in [1.29, 1.82) is 0 Å². The molecule has 5 heteroatoms. The number of hydrogen-bond acceptors (Lipinski definition) is 3. The van der Waals surface area contributed by atoms with Gasteiger partial charge in [-0.2, -0.15) is 0 Å².